The Balaban J connectivity index is 2.28. The Morgan fingerprint density at radius 3 is 2.12 bits per heavy atom. The SMILES string of the molecule is CC(C)CC(=O)N1CCN(NC(C)C)CC1. The lowest BCUT2D eigenvalue weighted by Gasteiger charge is -2.36. The van der Waals surface area contributed by atoms with E-state index in [1.807, 2.05) is 4.90 Å². The summed E-state index contributed by atoms with van der Waals surface area (Å²) in [7, 11) is 0. The first-order valence-corrected chi connectivity index (χ1v) is 6.28. The molecular weight excluding hydrogens is 202 g/mol. The second-order valence-electron chi connectivity index (χ2n) is 5.25. The number of hydrogen-bond acceptors (Lipinski definition) is 3. The summed E-state index contributed by atoms with van der Waals surface area (Å²) < 4.78 is 0. The molecule has 0 bridgehead atoms. The summed E-state index contributed by atoms with van der Waals surface area (Å²) in [6, 6.07) is 0.470. The van der Waals surface area contributed by atoms with Crippen molar-refractivity contribution in [2.45, 2.75) is 40.2 Å². The first-order chi connectivity index (χ1) is 7.49. The van der Waals surface area contributed by atoms with Gasteiger partial charge in [-0.05, 0) is 19.8 Å². The number of rotatable bonds is 4. The maximum Gasteiger partial charge on any atom is 0.222 e. The molecule has 1 aliphatic heterocycles. The number of nitrogens with one attached hydrogen (secondary N) is 1. The van der Waals surface area contributed by atoms with Crippen molar-refractivity contribution in [3.63, 3.8) is 0 Å². The summed E-state index contributed by atoms with van der Waals surface area (Å²) in [5, 5.41) is 2.21. The van der Waals surface area contributed by atoms with Crippen molar-refractivity contribution in [1.29, 1.82) is 0 Å². The zero-order chi connectivity index (χ0) is 12.1. The Kier molecular flexibility index (Phi) is 5.22. The van der Waals surface area contributed by atoms with Crippen LogP contribution in [0.25, 0.3) is 0 Å². The van der Waals surface area contributed by atoms with E-state index in [4.69, 9.17) is 0 Å². The average molecular weight is 227 g/mol. The summed E-state index contributed by atoms with van der Waals surface area (Å²) in [5.74, 6) is 0.763. The van der Waals surface area contributed by atoms with Crippen molar-refractivity contribution in [2.75, 3.05) is 26.2 Å². The fourth-order valence-electron chi connectivity index (χ4n) is 1.93. The molecule has 1 N–H and O–H groups in total. The van der Waals surface area contributed by atoms with E-state index in [1.165, 1.54) is 0 Å². The highest BCUT2D eigenvalue weighted by atomic mass is 16.2. The van der Waals surface area contributed by atoms with Crippen LogP contribution in [-0.2, 0) is 4.79 Å². The summed E-state index contributed by atoms with van der Waals surface area (Å²) in [6.45, 7) is 12.0. The van der Waals surface area contributed by atoms with E-state index in [9.17, 15) is 4.79 Å². The number of carbonyl (C=O) groups is 1. The van der Waals surface area contributed by atoms with Gasteiger partial charge in [-0.15, -0.1) is 0 Å². The standard InChI is InChI=1S/C12H25N3O/c1-10(2)9-12(16)14-5-7-15(8-6-14)13-11(3)4/h10-11,13H,5-9H2,1-4H3. The zero-order valence-corrected chi connectivity index (χ0v) is 11.0. The van der Waals surface area contributed by atoms with Crippen LogP contribution in [0.3, 0.4) is 0 Å². The normalized spacial score (nSPS) is 18.5. The number of hydrazine groups is 1. The first-order valence-electron chi connectivity index (χ1n) is 6.28. The zero-order valence-electron chi connectivity index (χ0n) is 11.0. The van der Waals surface area contributed by atoms with E-state index in [0.717, 1.165) is 26.2 Å². The van der Waals surface area contributed by atoms with Gasteiger partial charge in [0, 0.05) is 38.6 Å². The molecule has 1 saturated heterocycles. The molecule has 0 aliphatic carbocycles. The third-order valence-corrected chi connectivity index (χ3v) is 2.66. The quantitative estimate of drug-likeness (QED) is 0.781. The molecule has 1 heterocycles. The monoisotopic (exact) mass is 227 g/mol. The molecule has 0 unspecified atom stereocenters. The smallest absolute Gasteiger partial charge is 0.222 e. The van der Waals surface area contributed by atoms with Gasteiger partial charge in [-0.3, -0.25) is 10.2 Å². The Hall–Kier alpha value is -0.610. The molecule has 94 valence electrons. The van der Waals surface area contributed by atoms with Crippen molar-refractivity contribution >= 4 is 5.91 Å². The Bertz CT molecular complexity index is 220. The lowest BCUT2D eigenvalue weighted by Crippen LogP contribution is -2.54. The minimum atomic E-state index is 0.305. The van der Waals surface area contributed by atoms with Crippen LogP contribution in [0.15, 0.2) is 0 Å². The molecule has 0 spiro atoms. The van der Waals surface area contributed by atoms with E-state index in [2.05, 4.69) is 38.1 Å². The van der Waals surface area contributed by atoms with E-state index in [-0.39, 0.29) is 0 Å². The van der Waals surface area contributed by atoms with Gasteiger partial charge in [0.25, 0.3) is 0 Å². The van der Waals surface area contributed by atoms with Gasteiger partial charge in [0.1, 0.15) is 0 Å². The van der Waals surface area contributed by atoms with Crippen LogP contribution in [0, 0.1) is 5.92 Å². The number of hydrogen-bond donors (Lipinski definition) is 1. The van der Waals surface area contributed by atoms with Crippen LogP contribution in [-0.4, -0.2) is 48.0 Å². The number of carbonyl (C=O) groups excluding carboxylic acids is 1. The van der Waals surface area contributed by atoms with Crippen molar-refractivity contribution in [2.24, 2.45) is 5.92 Å². The fourth-order valence-corrected chi connectivity index (χ4v) is 1.93. The third kappa shape index (κ3) is 4.49. The van der Waals surface area contributed by atoms with Crippen LogP contribution in [0.2, 0.25) is 0 Å². The van der Waals surface area contributed by atoms with Crippen molar-refractivity contribution in [3.8, 4) is 0 Å². The number of piperazine rings is 1. The molecule has 4 heteroatoms. The van der Waals surface area contributed by atoms with Gasteiger partial charge < -0.3 is 4.90 Å². The molecule has 0 aromatic rings. The topological polar surface area (TPSA) is 35.6 Å². The van der Waals surface area contributed by atoms with Crippen LogP contribution in [0.1, 0.15) is 34.1 Å². The summed E-state index contributed by atoms with van der Waals surface area (Å²) in [6.07, 6.45) is 0.678. The Morgan fingerprint density at radius 2 is 1.69 bits per heavy atom. The molecule has 16 heavy (non-hydrogen) atoms. The van der Waals surface area contributed by atoms with Gasteiger partial charge in [0.2, 0.25) is 5.91 Å². The molecule has 1 rings (SSSR count). The van der Waals surface area contributed by atoms with Gasteiger partial charge >= 0.3 is 0 Å². The maximum atomic E-state index is 11.8. The average Bonchev–Trinajstić information content (AvgIpc) is 2.16. The van der Waals surface area contributed by atoms with Crippen molar-refractivity contribution in [3.05, 3.63) is 0 Å². The molecule has 0 aromatic heterocycles. The number of amides is 1. The maximum absolute atomic E-state index is 11.8. The highest BCUT2D eigenvalue weighted by Gasteiger charge is 2.21. The summed E-state index contributed by atoms with van der Waals surface area (Å²) in [5.41, 5.74) is 3.38. The molecule has 0 saturated carbocycles. The van der Waals surface area contributed by atoms with Crippen LogP contribution >= 0.6 is 0 Å². The lowest BCUT2D eigenvalue weighted by molar-refractivity contribution is -0.134. The molecule has 0 aromatic carbocycles. The molecular formula is C12H25N3O. The fraction of sp³-hybridized carbons (Fsp3) is 0.917. The van der Waals surface area contributed by atoms with Crippen LogP contribution in [0.4, 0.5) is 0 Å². The van der Waals surface area contributed by atoms with Gasteiger partial charge in [-0.2, -0.15) is 0 Å². The highest BCUT2D eigenvalue weighted by Crippen LogP contribution is 2.07. The van der Waals surface area contributed by atoms with E-state index in [1.54, 1.807) is 0 Å². The molecule has 1 fully saturated rings. The summed E-state index contributed by atoms with van der Waals surface area (Å²) >= 11 is 0. The second-order valence-corrected chi connectivity index (χ2v) is 5.25. The lowest BCUT2D eigenvalue weighted by atomic mass is 10.1. The third-order valence-electron chi connectivity index (χ3n) is 2.66. The highest BCUT2D eigenvalue weighted by molar-refractivity contribution is 5.76. The predicted molar refractivity (Wildman–Crippen MR) is 65.9 cm³/mol. The Labute approximate surface area is 98.9 Å². The largest absolute Gasteiger partial charge is 0.340 e. The molecule has 1 amide bonds. The predicted octanol–water partition coefficient (Wildman–Crippen LogP) is 1.09. The van der Waals surface area contributed by atoms with Crippen molar-refractivity contribution < 1.29 is 4.79 Å². The minimum absolute atomic E-state index is 0.305. The molecule has 1 aliphatic rings. The Morgan fingerprint density at radius 1 is 1.12 bits per heavy atom. The van der Waals surface area contributed by atoms with Crippen LogP contribution < -0.4 is 5.43 Å². The number of nitrogens with zero attached hydrogens (tertiary/aromatic N) is 2. The van der Waals surface area contributed by atoms with Gasteiger partial charge in [0.05, 0.1) is 0 Å². The van der Waals surface area contributed by atoms with E-state index >= 15 is 0 Å². The van der Waals surface area contributed by atoms with Crippen LogP contribution in [0.5, 0.6) is 0 Å². The first kappa shape index (κ1) is 13.5. The van der Waals surface area contributed by atoms with Gasteiger partial charge in [0.15, 0.2) is 0 Å². The van der Waals surface area contributed by atoms with Gasteiger partial charge in [-0.1, -0.05) is 13.8 Å². The molecule has 0 atom stereocenters. The second kappa shape index (κ2) is 6.21. The van der Waals surface area contributed by atoms with E-state index < -0.39 is 0 Å². The molecule has 0 radical (unpaired) electrons. The van der Waals surface area contributed by atoms with Gasteiger partial charge in [-0.25, -0.2) is 5.01 Å². The molecule has 4 nitrogen and oxygen atoms in total. The van der Waals surface area contributed by atoms with Crippen molar-refractivity contribution in [1.82, 2.24) is 15.3 Å². The van der Waals surface area contributed by atoms with E-state index in [0.29, 0.717) is 24.3 Å². The minimum Gasteiger partial charge on any atom is -0.340 e. The summed E-state index contributed by atoms with van der Waals surface area (Å²) in [4.78, 5) is 13.8.